The molecule has 8 heteroatoms. The minimum atomic E-state index is -1.22. The molecule has 0 atom stereocenters. The fourth-order valence-electron chi connectivity index (χ4n) is 2.13. The maximum Gasteiger partial charge on any atom is 0.288 e. The number of pyridine rings is 1. The lowest BCUT2D eigenvalue weighted by Gasteiger charge is -2.09. The Hall–Kier alpha value is -3.06. The Balaban J connectivity index is 1.73. The summed E-state index contributed by atoms with van der Waals surface area (Å²) in [5.74, 6) is -3.96. The highest BCUT2D eigenvalue weighted by molar-refractivity contribution is 6.33. The second-order valence-electron chi connectivity index (χ2n) is 5.04. The number of rotatable bonds is 2. The van der Waals surface area contributed by atoms with Gasteiger partial charge in [-0.3, -0.25) is 20.4 Å². The molecule has 3 aromatic rings. The highest BCUT2D eigenvalue weighted by atomic mass is 35.5. The molecule has 0 spiro atoms. The van der Waals surface area contributed by atoms with Gasteiger partial charge in [0, 0.05) is 5.39 Å². The van der Waals surface area contributed by atoms with E-state index in [-0.39, 0.29) is 16.3 Å². The number of benzene rings is 2. The topological polar surface area (TPSA) is 71.1 Å². The van der Waals surface area contributed by atoms with Crippen LogP contribution in [0.15, 0.2) is 48.5 Å². The number of amides is 2. The van der Waals surface area contributed by atoms with Crippen LogP contribution in [0.2, 0.25) is 5.02 Å². The Morgan fingerprint density at radius 1 is 0.920 bits per heavy atom. The van der Waals surface area contributed by atoms with Crippen LogP contribution in [0.5, 0.6) is 0 Å². The molecule has 0 aliphatic heterocycles. The molecular formula is C17H10ClF2N3O2. The van der Waals surface area contributed by atoms with Crippen LogP contribution in [0.3, 0.4) is 0 Å². The van der Waals surface area contributed by atoms with Crippen LogP contribution in [-0.4, -0.2) is 16.8 Å². The van der Waals surface area contributed by atoms with Crippen LogP contribution in [-0.2, 0) is 0 Å². The van der Waals surface area contributed by atoms with E-state index in [4.69, 9.17) is 11.6 Å². The summed E-state index contributed by atoms with van der Waals surface area (Å²) in [7, 11) is 0. The minimum absolute atomic E-state index is 0.0791. The quantitative estimate of drug-likeness (QED) is 0.543. The first-order valence-electron chi connectivity index (χ1n) is 7.07. The molecule has 5 nitrogen and oxygen atoms in total. The molecule has 2 aromatic carbocycles. The molecule has 126 valence electrons. The van der Waals surface area contributed by atoms with Crippen LogP contribution in [0, 0.1) is 11.6 Å². The average molecular weight is 362 g/mol. The lowest BCUT2D eigenvalue weighted by Crippen LogP contribution is -2.42. The second kappa shape index (κ2) is 6.82. The van der Waals surface area contributed by atoms with Crippen molar-refractivity contribution in [2.24, 2.45) is 0 Å². The van der Waals surface area contributed by atoms with E-state index < -0.39 is 23.4 Å². The maximum atomic E-state index is 13.2. The lowest BCUT2D eigenvalue weighted by molar-refractivity contribution is 0.0844. The Bertz CT molecular complexity index is 995. The van der Waals surface area contributed by atoms with Gasteiger partial charge in [0.2, 0.25) is 0 Å². The van der Waals surface area contributed by atoms with Crippen molar-refractivity contribution >= 4 is 34.3 Å². The van der Waals surface area contributed by atoms with E-state index in [9.17, 15) is 18.4 Å². The first kappa shape index (κ1) is 16.8. The van der Waals surface area contributed by atoms with Crippen LogP contribution in [0.1, 0.15) is 20.8 Å². The van der Waals surface area contributed by atoms with Crippen LogP contribution in [0.4, 0.5) is 8.78 Å². The van der Waals surface area contributed by atoms with E-state index in [0.717, 1.165) is 5.39 Å². The Morgan fingerprint density at radius 3 is 2.40 bits per heavy atom. The molecule has 1 heterocycles. The lowest BCUT2D eigenvalue weighted by atomic mass is 10.2. The summed E-state index contributed by atoms with van der Waals surface area (Å²) in [6, 6.07) is 11.7. The van der Waals surface area contributed by atoms with E-state index in [1.807, 2.05) is 12.1 Å². The van der Waals surface area contributed by atoms with E-state index in [1.54, 1.807) is 18.2 Å². The number of nitrogens with zero attached hydrogens (tertiary/aromatic N) is 1. The van der Waals surface area contributed by atoms with Gasteiger partial charge in [0.1, 0.15) is 5.69 Å². The number of nitrogens with one attached hydrogen (secondary N) is 2. The Kier molecular flexibility index (Phi) is 4.58. The molecule has 0 saturated carbocycles. The summed E-state index contributed by atoms with van der Waals surface area (Å²) >= 11 is 5.70. The van der Waals surface area contributed by atoms with Gasteiger partial charge in [0.15, 0.2) is 11.6 Å². The molecular weight excluding hydrogens is 352 g/mol. The zero-order valence-corrected chi connectivity index (χ0v) is 13.3. The number of aromatic nitrogens is 1. The molecule has 0 aliphatic rings. The molecule has 2 N–H and O–H groups in total. The van der Waals surface area contributed by atoms with Gasteiger partial charge in [0.25, 0.3) is 11.8 Å². The molecule has 0 fully saturated rings. The van der Waals surface area contributed by atoms with E-state index >= 15 is 0 Å². The van der Waals surface area contributed by atoms with E-state index in [0.29, 0.717) is 17.6 Å². The van der Waals surface area contributed by atoms with Gasteiger partial charge in [-0.2, -0.15) is 0 Å². The Morgan fingerprint density at radius 2 is 1.60 bits per heavy atom. The molecule has 0 unspecified atom stereocenters. The largest absolute Gasteiger partial charge is 0.288 e. The molecule has 25 heavy (non-hydrogen) atoms. The monoisotopic (exact) mass is 361 g/mol. The van der Waals surface area contributed by atoms with Gasteiger partial charge >= 0.3 is 0 Å². The third-order valence-corrected chi connectivity index (χ3v) is 3.69. The summed E-state index contributed by atoms with van der Waals surface area (Å²) in [6.45, 7) is 0. The first-order valence-corrected chi connectivity index (χ1v) is 7.44. The van der Waals surface area contributed by atoms with Gasteiger partial charge in [-0.25, -0.2) is 13.8 Å². The number of carbonyl (C=O) groups excluding carboxylic acids is 2. The van der Waals surface area contributed by atoms with Crippen molar-refractivity contribution in [3.8, 4) is 0 Å². The molecule has 0 radical (unpaired) electrons. The number of hydrogen-bond donors (Lipinski definition) is 2. The summed E-state index contributed by atoms with van der Waals surface area (Å²) in [6.07, 6.45) is 0. The summed E-state index contributed by atoms with van der Waals surface area (Å²) in [5, 5.41) is 0.575. The first-order chi connectivity index (χ1) is 12.0. The Labute approximate surface area is 145 Å². The van der Waals surface area contributed by atoms with Crippen molar-refractivity contribution in [3.05, 3.63) is 76.4 Å². The number of para-hydroxylation sites is 1. The number of hydrazine groups is 1. The maximum absolute atomic E-state index is 13.2. The standard InChI is InChI=1S/C17H10ClF2N3O2/c18-11-8-13(20)12(19)7-10(11)16(24)22-23-17(25)15-6-5-9-3-1-2-4-14(9)21-15/h1-8H,(H,22,24)(H,23,25). The van der Waals surface area contributed by atoms with Gasteiger partial charge in [-0.15, -0.1) is 0 Å². The van der Waals surface area contributed by atoms with Gasteiger partial charge < -0.3 is 0 Å². The smallest absolute Gasteiger partial charge is 0.267 e. The molecule has 0 saturated heterocycles. The fraction of sp³-hybridized carbons (Fsp3) is 0. The highest BCUT2D eigenvalue weighted by Crippen LogP contribution is 2.19. The highest BCUT2D eigenvalue weighted by Gasteiger charge is 2.16. The average Bonchev–Trinajstić information content (AvgIpc) is 2.62. The van der Waals surface area contributed by atoms with Crippen LogP contribution < -0.4 is 10.9 Å². The van der Waals surface area contributed by atoms with E-state index in [2.05, 4.69) is 15.8 Å². The van der Waals surface area contributed by atoms with Crippen molar-refractivity contribution in [1.29, 1.82) is 0 Å². The van der Waals surface area contributed by atoms with Crippen LogP contribution in [0.25, 0.3) is 10.9 Å². The van der Waals surface area contributed by atoms with Gasteiger partial charge in [-0.1, -0.05) is 35.9 Å². The van der Waals surface area contributed by atoms with Gasteiger partial charge in [0.05, 0.1) is 16.1 Å². The number of fused-ring (bicyclic) bond motifs is 1. The SMILES string of the molecule is O=C(NNC(=O)c1cc(F)c(F)cc1Cl)c1ccc2ccccc2n1. The van der Waals surface area contributed by atoms with Crippen molar-refractivity contribution in [3.63, 3.8) is 0 Å². The molecule has 0 aliphatic carbocycles. The predicted octanol–water partition coefficient (Wildman–Crippen LogP) is 3.24. The molecule has 0 bridgehead atoms. The third kappa shape index (κ3) is 3.56. The van der Waals surface area contributed by atoms with Gasteiger partial charge in [-0.05, 0) is 24.3 Å². The zero-order valence-electron chi connectivity index (χ0n) is 12.5. The molecule has 3 rings (SSSR count). The van der Waals surface area contributed by atoms with Crippen molar-refractivity contribution in [2.75, 3.05) is 0 Å². The van der Waals surface area contributed by atoms with E-state index in [1.165, 1.54) is 6.07 Å². The fourth-order valence-corrected chi connectivity index (χ4v) is 2.37. The summed E-state index contributed by atoms with van der Waals surface area (Å²) in [4.78, 5) is 28.2. The summed E-state index contributed by atoms with van der Waals surface area (Å²) < 4.78 is 26.2. The van der Waals surface area contributed by atoms with Crippen molar-refractivity contribution < 1.29 is 18.4 Å². The van der Waals surface area contributed by atoms with Crippen LogP contribution >= 0.6 is 11.6 Å². The molecule has 1 aromatic heterocycles. The number of carbonyl (C=O) groups is 2. The second-order valence-corrected chi connectivity index (χ2v) is 5.45. The normalized spacial score (nSPS) is 10.5. The molecule has 2 amide bonds. The summed E-state index contributed by atoms with van der Waals surface area (Å²) in [5.41, 5.74) is 4.61. The predicted molar refractivity (Wildman–Crippen MR) is 88.0 cm³/mol. The van der Waals surface area contributed by atoms with Crippen molar-refractivity contribution in [1.82, 2.24) is 15.8 Å². The van der Waals surface area contributed by atoms with Crippen molar-refractivity contribution in [2.45, 2.75) is 0 Å². The minimum Gasteiger partial charge on any atom is -0.267 e. The third-order valence-electron chi connectivity index (χ3n) is 3.38. The number of halogens is 3. The zero-order chi connectivity index (χ0) is 18.0. The number of hydrogen-bond acceptors (Lipinski definition) is 3.